The first-order valence-electron chi connectivity index (χ1n) is 9.59. The first-order chi connectivity index (χ1) is 14.7. The van der Waals surface area contributed by atoms with Crippen molar-refractivity contribution in [1.29, 1.82) is 0 Å². The Morgan fingerprint density at radius 3 is 1.97 bits per heavy atom. The Hall–Kier alpha value is -3.94. The van der Waals surface area contributed by atoms with Gasteiger partial charge in [0.05, 0.1) is 6.54 Å². The minimum Gasteiger partial charge on any atom is -0.502 e. The number of allylic oxidation sites excluding steroid dienone is 1. The van der Waals surface area contributed by atoms with Gasteiger partial charge in [-0.2, -0.15) is 0 Å². The van der Waals surface area contributed by atoms with E-state index < -0.39 is 34.9 Å². The van der Waals surface area contributed by atoms with Crippen LogP contribution >= 0.6 is 0 Å². The third-order valence-electron chi connectivity index (χ3n) is 5.16. The van der Waals surface area contributed by atoms with Crippen LogP contribution in [0, 0.1) is 5.41 Å². The number of aliphatic hydroxyl groups excluding tert-OH is 1. The van der Waals surface area contributed by atoms with E-state index in [2.05, 4.69) is 0 Å². The Morgan fingerprint density at radius 2 is 1.45 bits per heavy atom. The first-order valence-corrected chi connectivity index (χ1v) is 9.59. The zero-order chi connectivity index (χ0) is 22.6. The van der Waals surface area contributed by atoms with Gasteiger partial charge in [0.15, 0.2) is 5.78 Å². The number of aliphatic carboxylic acids is 1. The second-order valence-corrected chi connectivity index (χ2v) is 7.53. The molecule has 1 heterocycles. The molecule has 160 valence electrons. The van der Waals surface area contributed by atoms with Gasteiger partial charge in [0, 0.05) is 19.2 Å². The number of carbonyl (C=O) groups excluding carboxylic acids is 3. The van der Waals surface area contributed by atoms with Crippen LogP contribution in [0.25, 0.3) is 0 Å². The number of aliphatic hydroxyl groups is 1. The second kappa shape index (κ2) is 8.83. The Bertz CT molecular complexity index is 1030. The largest absolute Gasteiger partial charge is 0.502 e. The smallest absolute Gasteiger partial charge is 0.371 e. The number of benzene rings is 2. The molecule has 2 aromatic carbocycles. The van der Waals surface area contributed by atoms with Crippen LogP contribution in [-0.4, -0.2) is 50.2 Å². The van der Waals surface area contributed by atoms with Crippen LogP contribution in [0.5, 0.6) is 0 Å². The number of rotatable bonds is 7. The summed E-state index contributed by atoms with van der Waals surface area (Å²) in [5, 5.41) is 18.4. The summed E-state index contributed by atoms with van der Waals surface area (Å²) in [6, 6.07) is 17.4. The Morgan fingerprint density at radius 1 is 0.935 bits per heavy atom. The minimum atomic E-state index is -1.75. The quantitative estimate of drug-likeness (QED) is 0.403. The molecule has 8 heteroatoms. The van der Waals surface area contributed by atoms with E-state index >= 15 is 0 Å². The van der Waals surface area contributed by atoms with Gasteiger partial charge in [-0.15, -0.1) is 0 Å². The lowest BCUT2D eigenvalue weighted by atomic mass is 9.81. The van der Waals surface area contributed by atoms with E-state index in [0.29, 0.717) is 11.6 Å². The molecule has 0 bridgehead atoms. The predicted molar refractivity (Wildman–Crippen MR) is 111 cm³/mol. The maximum atomic E-state index is 13.3. The average molecular weight is 422 g/mol. The lowest BCUT2D eigenvalue weighted by Crippen LogP contribution is -2.62. The highest BCUT2D eigenvalue weighted by molar-refractivity contribution is 6.16. The fourth-order valence-electron chi connectivity index (χ4n) is 3.43. The monoisotopic (exact) mass is 422 g/mol. The van der Waals surface area contributed by atoms with Crippen LogP contribution in [-0.2, 0) is 27.5 Å². The SMILES string of the molecule is CC1(C(=O)/C=C(\O)C(=O)O)CN(Cc2ccccc2)C(=O)N(Cc2ccccc2)C1=O. The summed E-state index contributed by atoms with van der Waals surface area (Å²) in [7, 11) is 0. The molecule has 0 saturated carbocycles. The van der Waals surface area contributed by atoms with E-state index in [4.69, 9.17) is 5.11 Å². The summed E-state index contributed by atoms with van der Waals surface area (Å²) in [5.41, 5.74) is -0.242. The molecule has 1 aliphatic heterocycles. The number of hydrogen-bond donors (Lipinski definition) is 2. The van der Waals surface area contributed by atoms with Crippen molar-refractivity contribution >= 4 is 23.7 Å². The number of nitrogens with zero attached hydrogens (tertiary/aromatic N) is 2. The normalized spacial score (nSPS) is 19.5. The third-order valence-corrected chi connectivity index (χ3v) is 5.16. The third kappa shape index (κ3) is 4.63. The maximum absolute atomic E-state index is 13.3. The Balaban J connectivity index is 1.98. The Labute approximate surface area is 179 Å². The number of carboxylic acid groups (broad SMARTS) is 1. The number of imide groups is 1. The molecule has 0 aromatic heterocycles. The van der Waals surface area contributed by atoms with Gasteiger partial charge in [-0.25, -0.2) is 9.59 Å². The van der Waals surface area contributed by atoms with Crippen molar-refractivity contribution in [2.75, 3.05) is 6.54 Å². The summed E-state index contributed by atoms with van der Waals surface area (Å²) < 4.78 is 0. The molecule has 3 amide bonds. The van der Waals surface area contributed by atoms with Crippen LogP contribution in [0.15, 0.2) is 72.5 Å². The van der Waals surface area contributed by atoms with Gasteiger partial charge in [-0.05, 0) is 18.1 Å². The van der Waals surface area contributed by atoms with Gasteiger partial charge >= 0.3 is 12.0 Å². The van der Waals surface area contributed by atoms with Gasteiger partial charge in [0.1, 0.15) is 5.41 Å². The predicted octanol–water partition coefficient (Wildman–Crippen LogP) is 2.75. The van der Waals surface area contributed by atoms with E-state index in [1.807, 2.05) is 30.3 Å². The van der Waals surface area contributed by atoms with Gasteiger partial charge in [-0.1, -0.05) is 60.7 Å². The van der Waals surface area contributed by atoms with E-state index in [0.717, 1.165) is 10.5 Å². The molecule has 2 N–H and O–H groups in total. The molecule has 1 saturated heterocycles. The van der Waals surface area contributed by atoms with Crippen molar-refractivity contribution in [3.8, 4) is 0 Å². The molecular formula is C23H22N2O6. The van der Waals surface area contributed by atoms with Crippen molar-refractivity contribution in [2.24, 2.45) is 5.41 Å². The van der Waals surface area contributed by atoms with Gasteiger partial charge in [0.2, 0.25) is 11.7 Å². The number of amides is 3. The lowest BCUT2D eigenvalue weighted by molar-refractivity contribution is -0.150. The molecule has 0 spiro atoms. The molecule has 3 rings (SSSR count). The molecular weight excluding hydrogens is 400 g/mol. The van der Waals surface area contributed by atoms with Crippen LogP contribution < -0.4 is 0 Å². The average Bonchev–Trinajstić information content (AvgIpc) is 2.76. The molecule has 1 aliphatic rings. The zero-order valence-electron chi connectivity index (χ0n) is 16.9. The van der Waals surface area contributed by atoms with Crippen LogP contribution in [0.2, 0.25) is 0 Å². The highest BCUT2D eigenvalue weighted by Gasteiger charge is 2.51. The summed E-state index contributed by atoms with van der Waals surface area (Å²) in [4.78, 5) is 52.6. The highest BCUT2D eigenvalue weighted by atomic mass is 16.4. The van der Waals surface area contributed by atoms with Crippen LogP contribution in [0.3, 0.4) is 0 Å². The molecule has 1 atom stereocenters. The highest BCUT2D eigenvalue weighted by Crippen LogP contribution is 2.32. The van der Waals surface area contributed by atoms with E-state index in [1.165, 1.54) is 11.8 Å². The van der Waals surface area contributed by atoms with E-state index in [9.17, 15) is 24.3 Å². The molecule has 2 aromatic rings. The number of ketones is 1. The molecule has 0 aliphatic carbocycles. The number of carboxylic acids is 1. The van der Waals surface area contributed by atoms with E-state index in [1.54, 1.807) is 30.3 Å². The first kappa shape index (κ1) is 21.8. The van der Waals surface area contributed by atoms with Gasteiger partial charge in [0.25, 0.3) is 0 Å². The van der Waals surface area contributed by atoms with Crippen molar-refractivity contribution < 1.29 is 29.4 Å². The van der Waals surface area contributed by atoms with Crippen molar-refractivity contribution in [3.63, 3.8) is 0 Å². The van der Waals surface area contributed by atoms with Gasteiger partial charge < -0.3 is 15.1 Å². The van der Waals surface area contributed by atoms with Crippen molar-refractivity contribution in [3.05, 3.63) is 83.6 Å². The topological polar surface area (TPSA) is 115 Å². The molecule has 8 nitrogen and oxygen atoms in total. The van der Waals surface area contributed by atoms with E-state index in [-0.39, 0.29) is 19.6 Å². The maximum Gasteiger partial charge on any atom is 0.371 e. The summed E-state index contributed by atoms with van der Waals surface area (Å²) in [6.07, 6.45) is 0.525. The zero-order valence-corrected chi connectivity index (χ0v) is 16.9. The standard InChI is InChI=1S/C23H22N2O6/c1-23(19(27)12-18(26)20(28)29)15-24(13-16-8-4-2-5-9-16)22(31)25(21(23)30)14-17-10-6-3-7-11-17/h2-12,26H,13-15H2,1H3,(H,28,29)/b18-12-. The van der Waals surface area contributed by atoms with Crippen LogP contribution in [0.1, 0.15) is 18.1 Å². The fraction of sp³-hybridized carbons (Fsp3) is 0.217. The van der Waals surface area contributed by atoms with Gasteiger partial charge in [-0.3, -0.25) is 14.5 Å². The summed E-state index contributed by atoms with van der Waals surface area (Å²) in [6.45, 7) is 1.23. The number of carbonyl (C=O) groups is 4. The molecule has 31 heavy (non-hydrogen) atoms. The Kier molecular flexibility index (Phi) is 6.20. The minimum absolute atomic E-state index is 0.0404. The second-order valence-electron chi connectivity index (χ2n) is 7.53. The summed E-state index contributed by atoms with van der Waals surface area (Å²) in [5.74, 6) is -4.48. The van der Waals surface area contributed by atoms with Crippen molar-refractivity contribution in [2.45, 2.75) is 20.0 Å². The summed E-state index contributed by atoms with van der Waals surface area (Å²) >= 11 is 0. The van der Waals surface area contributed by atoms with Crippen LogP contribution in [0.4, 0.5) is 4.79 Å². The molecule has 1 unspecified atom stereocenters. The van der Waals surface area contributed by atoms with Crippen molar-refractivity contribution in [1.82, 2.24) is 9.80 Å². The number of hydrogen-bond acceptors (Lipinski definition) is 5. The lowest BCUT2D eigenvalue weighted by Gasteiger charge is -2.43. The fourth-order valence-corrected chi connectivity index (χ4v) is 3.43. The number of urea groups is 1. The molecule has 0 radical (unpaired) electrons. The molecule has 1 fully saturated rings.